The minimum absolute atomic E-state index is 0.0991. The van der Waals surface area contributed by atoms with Gasteiger partial charge in [-0.2, -0.15) is 0 Å². The lowest BCUT2D eigenvalue weighted by Crippen LogP contribution is -2.64. The lowest BCUT2D eigenvalue weighted by Gasteiger charge is -2.41. The molecule has 0 saturated heterocycles. The molecule has 0 aromatic carbocycles. The van der Waals surface area contributed by atoms with Crippen LogP contribution in [0.15, 0.2) is 12.2 Å². The molecule has 13 nitrogen and oxygen atoms in total. The molecule has 0 aromatic heterocycles. The highest BCUT2D eigenvalue weighted by atomic mass is 31.2. The van der Waals surface area contributed by atoms with E-state index in [0.29, 0.717) is 12.8 Å². The number of ether oxygens (including phenoxy) is 2. The summed E-state index contributed by atoms with van der Waals surface area (Å²) in [6.07, 6.45) is 13.0. The van der Waals surface area contributed by atoms with E-state index in [1.807, 2.05) is 0 Å². The summed E-state index contributed by atoms with van der Waals surface area (Å²) in [6, 6.07) is 0. The first-order valence-corrected chi connectivity index (χ1v) is 21.0. The van der Waals surface area contributed by atoms with Crippen molar-refractivity contribution in [1.82, 2.24) is 0 Å². The summed E-state index contributed by atoms with van der Waals surface area (Å²) in [4.78, 5) is 35.4. The van der Waals surface area contributed by atoms with Crippen LogP contribution in [0.1, 0.15) is 155 Å². The van der Waals surface area contributed by atoms with Crippen molar-refractivity contribution in [3.8, 4) is 0 Å². The third-order valence-electron chi connectivity index (χ3n) is 9.11. The van der Waals surface area contributed by atoms with Gasteiger partial charge in [-0.05, 0) is 32.1 Å². The third kappa shape index (κ3) is 22.4. The zero-order chi connectivity index (χ0) is 37.9. The summed E-state index contributed by atoms with van der Waals surface area (Å²) in [5, 5.41) is 49.9. The summed E-state index contributed by atoms with van der Waals surface area (Å²) in [5.74, 6) is -1.11. The van der Waals surface area contributed by atoms with Crippen LogP contribution in [0.4, 0.5) is 0 Å². The van der Waals surface area contributed by atoms with E-state index in [1.165, 1.54) is 51.4 Å². The largest absolute Gasteiger partial charge is 0.472 e. The normalized spacial score (nSPS) is 24.0. The molecule has 51 heavy (non-hydrogen) atoms. The number of unbranched alkanes of at least 4 members (excludes halogenated alkanes) is 17. The molecule has 0 heterocycles. The van der Waals surface area contributed by atoms with Gasteiger partial charge in [0.2, 0.25) is 0 Å². The first-order chi connectivity index (χ1) is 24.4. The Balaban J connectivity index is 2.55. The van der Waals surface area contributed by atoms with Crippen molar-refractivity contribution in [2.45, 2.75) is 198 Å². The maximum atomic E-state index is 12.7. The second-order valence-corrected chi connectivity index (χ2v) is 15.2. The van der Waals surface area contributed by atoms with Gasteiger partial charge >= 0.3 is 19.8 Å². The average molecular weight is 753 g/mol. The number of phosphoric ester groups is 1. The second-order valence-electron chi connectivity index (χ2n) is 13.8. The summed E-state index contributed by atoms with van der Waals surface area (Å²) in [5.41, 5.74) is 0. The molecule has 0 bridgehead atoms. The van der Waals surface area contributed by atoms with Gasteiger partial charge in [-0.15, -0.1) is 0 Å². The smallest absolute Gasteiger partial charge is 0.462 e. The van der Waals surface area contributed by atoms with E-state index in [9.17, 15) is 44.6 Å². The van der Waals surface area contributed by atoms with Gasteiger partial charge in [0.1, 0.15) is 43.2 Å². The Hall–Kier alpha value is -1.41. The van der Waals surface area contributed by atoms with Crippen molar-refractivity contribution in [3.05, 3.63) is 12.2 Å². The highest BCUT2D eigenvalue weighted by Gasteiger charge is 2.51. The number of esters is 2. The Morgan fingerprint density at radius 2 is 1.02 bits per heavy atom. The van der Waals surface area contributed by atoms with Crippen LogP contribution < -0.4 is 0 Å². The number of phosphoric acid groups is 1. The molecule has 1 aliphatic rings. The van der Waals surface area contributed by atoms with Crippen LogP contribution in [0.3, 0.4) is 0 Å². The molecule has 0 radical (unpaired) electrons. The van der Waals surface area contributed by atoms with Gasteiger partial charge in [-0.25, -0.2) is 4.57 Å². The number of carbonyl (C=O) groups excluding carboxylic acids is 2. The lowest BCUT2D eigenvalue weighted by molar-refractivity contribution is -0.220. The molecule has 0 aromatic rings. The zero-order valence-corrected chi connectivity index (χ0v) is 32.0. The van der Waals surface area contributed by atoms with E-state index in [-0.39, 0.29) is 12.8 Å². The molecular formula is C37H69O13P. The Morgan fingerprint density at radius 1 is 0.588 bits per heavy atom. The van der Waals surface area contributed by atoms with Gasteiger partial charge in [0.15, 0.2) is 6.10 Å². The second kappa shape index (κ2) is 29.0. The van der Waals surface area contributed by atoms with E-state index in [4.69, 9.17) is 18.5 Å². The van der Waals surface area contributed by atoms with E-state index in [0.717, 1.165) is 64.2 Å². The number of rotatable bonds is 31. The van der Waals surface area contributed by atoms with Crippen LogP contribution in [0.2, 0.25) is 0 Å². The summed E-state index contributed by atoms with van der Waals surface area (Å²) in [7, 11) is -5.10. The highest BCUT2D eigenvalue weighted by molar-refractivity contribution is 7.47. The third-order valence-corrected chi connectivity index (χ3v) is 10.1. The lowest BCUT2D eigenvalue weighted by atomic mass is 9.85. The molecule has 1 saturated carbocycles. The molecule has 1 aliphatic carbocycles. The summed E-state index contributed by atoms with van der Waals surface area (Å²) < 4.78 is 33.3. The summed E-state index contributed by atoms with van der Waals surface area (Å²) in [6.45, 7) is 3.20. The average Bonchev–Trinajstić information content (AvgIpc) is 3.10. The van der Waals surface area contributed by atoms with Gasteiger partial charge in [0.25, 0.3) is 0 Å². The van der Waals surface area contributed by atoms with Gasteiger partial charge in [0, 0.05) is 12.8 Å². The van der Waals surface area contributed by atoms with Crippen LogP contribution in [0, 0.1) is 0 Å². The molecule has 0 spiro atoms. The van der Waals surface area contributed by atoms with Gasteiger partial charge in [-0.3, -0.25) is 18.6 Å². The monoisotopic (exact) mass is 752 g/mol. The zero-order valence-electron chi connectivity index (χ0n) is 31.2. The van der Waals surface area contributed by atoms with Crippen LogP contribution in [-0.4, -0.2) is 98.3 Å². The number of carbonyl (C=O) groups is 2. The fraction of sp³-hybridized carbons (Fsp3) is 0.892. The van der Waals surface area contributed by atoms with Crippen LogP contribution in [0.5, 0.6) is 0 Å². The molecule has 6 N–H and O–H groups in total. The first-order valence-electron chi connectivity index (χ1n) is 19.5. The predicted octanol–water partition coefficient (Wildman–Crippen LogP) is 5.94. The molecule has 6 unspecified atom stereocenters. The number of aliphatic hydroxyl groups excluding tert-OH is 5. The fourth-order valence-electron chi connectivity index (χ4n) is 5.86. The van der Waals surface area contributed by atoms with Gasteiger partial charge in [0.05, 0.1) is 6.61 Å². The molecule has 1 rings (SSSR count). The topological polar surface area (TPSA) is 210 Å². The molecule has 0 aliphatic heterocycles. The van der Waals surface area contributed by atoms with E-state index in [2.05, 4.69) is 26.0 Å². The van der Waals surface area contributed by atoms with Gasteiger partial charge < -0.3 is 39.9 Å². The van der Waals surface area contributed by atoms with E-state index < -0.39 is 75.7 Å². The highest BCUT2D eigenvalue weighted by Crippen LogP contribution is 2.47. The van der Waals surface area contributed by atoms with Crippen molar-refractivity contribution in [2.75, 3.05) is 13.2 Å². The quantitative estimate of drug-likeness (QED) is 0.0210. The van der Waals surface area contributed by atoms with Crippen LogP contribution >= 0.6 is 7.82 Å². The van der Waals surface area contributed by atoms with Crippen LogP contribution in [-0.2, 0) is 32.7 Å². The molecule has 14 heteroatoms. The minimum atomic E-state index is -5.10. The molecule has 8 atom stereocenters. The van der Waals surface area contributed by atoms with Crippen molar-refractivity contribution < 1.29 is 63.1 Å². The molecular weight excluding hydrogens is 683 g/mol. The standard InChI is InChI=1S/C37H69O13P/c1-3-5-7-9-11-13-15-17-19-21-23-25-30(38)47-27-29(49-31(39)26-24-22-20-18-16-14-12-10-8-6-4-2)28-48-51(45,46)50-37-35(43)33(41)32(40)34(42)36(37)44/h9,11,29,32-37,40-44H,3-8,10,12-28H2,1-2H3,(H,45,46)/b11-9+/t29-,32?,33-,34?,35?,36?,37?/m1/s1. The SMILES string of the molecule is CCCC/C=C/CCCCCCCC(=O)OC[C@H](COP(=O)(O)OC1C(O)C(O)C(O)[C@@H](O)C1O)OC(=O)CCCCCCCCCCCCC. The Bertz CT molecular complexity index is 964. The number of hydrogen-bond donors (Lipinski definition) is 6. The van der Waals surface area contributed by atoms with Crippen LogP contribution in [0.25, 0.3) is 0 Å². The molecule has 1 fully saturated rings. The molecule has 0 amide bonds. The van der Waals surface area contributed by atoms with E-state index >= 15 is 0 Å². The number of allylic oxidation sites excluding steroid dienone is 2. The first kappa shape index (κ1) is 47.6. The van der Waals surface area contributed by atoms with E-state index in [1.54, 1.807) is 0 Å². The van der Waals surface area contributed by atoms with Crippen molar-refractivity contribution in [3.63, 3.8) is 0 Å². The van der Waals surface area contributed by atoms with Crippen molar-refractivity contribution in [1.29, 1.82) is 0 Å². The Morgan fingerprint density at radius 3 is 1.55 bits per heavy atom. The number of aliphatic hydroxyl groups is 5. The Labute approximate surface area is 305 Å². The number of hydrogen-bond acceptors (Lipinski definition) is 12. The predicted molar refractivity (Wildman–Crippen MR) is 194 cm³/mol. The maximum absolute atomic E-state index is 12.7. The molecule has 300 valence electrons. The fourth-order valence-corrected chi connectivity index (χ4v) is 6.83. The van der Waals surface area contributed by atoms with Crippen molar-refractivity contribution in [2.24, 2.45) is 0 Å². The van der Waals surface area contributed by atoms with Gasteiger partial charge in [-0.1, -0.05) is 122 Å². The minimum Gasteiger partial charge on any atom is -0.462 e. The Kier molecular flexibility index (Phi) is 27.1. The summed E-state index contributed by atoms with van der Waals surface area (Å²) >= 11 is 0. The maximum Gasteiger partial charge on any atom is 0.472 e. The van der Waals surface area contributed by atoms with Crippen molar-refractivity contribution >= 4 is 19.8 Å².